The van der Waals surface area contributed by atoms with Crippen LogP contribution in [-0.4, -0.2) is 53.9 Å². The third kappa shape index (κ3) is 4.65. The van der Waals surface area contributed by atoms with Crippen LogP contribution in [0.2, 0.25) is 0 Å². The third-order valence-corrected chi connectivity index (χ3v) is 5.55. The number of nitrogens with zero attached hydrogens (tertiary/aromatic N) is 4. The van der Waals surface area contributed by atoms with Crippen molar-refractivity contribution in [3.05, 3.63) is 50.9 Å². The van der Waals surface area contributed by atoms with Crippen LogP contribution in [0.25, 0.3) is 0 Å². The summed E-state index contributed by atoms with van der Waals surface area (Å²) in [5, 5.41) is 7.35. The fourth-order valence-corrected chi connectivity index (χ4v) is 3.71. The second-order valence-electron chi connectivity index (χ2n) is 6.75. The monoisotopic (exact) mass is 419 g/mol. The van der Waals surface area contributed by atoms with Crippen LogP contribution in [0.1, 0.15) is 12.0 Å². The molecule has 0 aliphatic carbocycles. The van der Waals surface area contributed by atoms with Crippen molar-refractivity contribution in [1.29, 1.82) is 0 Å². The van der Waals surface area contributed by atoms with Crippen LogP contribution in [0.3, 0.4) is 0 Å². The van der Waals surface area contributed by atoms with Gasteiger partial charge < -0.3 is 10.2 Å². The summed E-state index contributed by atoms with van der Waals surface area (Å²) in [5.74, 6) is 0. The van der Waals surface area contributed by atoms with Crippen LogP contribution >= 0.6 is 15.9 Å². The molecule has 0 spiro atoms. The Hall–Kier alpha value is -1.86. The molecule has 2 heterocycles. The van der Waals surface area contributed by atoms with E-state index in [0.29, 0.717) is 4.47 Å². The van der Waals surface area contributed by atoms with E-state index in [-0.39, 0.29) is 5.56 Å². The van der Waals surface area contributed by atoms with Crippen LogP contribution < -0.4 is 15.8 Å². The van der Waals surface area contributed by atoms with Gasteiger partial charge in [-0.25, -0.2) is 4.68 Å². The second-order valence-corrected chi connectivity index (χ2v) is 7.54. The van der Waals surface area contributed by atoms with Crippen molar-refractivity contribution in [2.24, 2.45) is 7.05 Å². The lowest BCUT2D eigenvalue weighted by Crippen LogP contribution is -2.46. The summed E-state index contributed by atoms with van der Waals surface area (Å²) < 4.78 is 1.87. The van der Waals surface area contributed by atoms with Crippen molar-refractivity contribution in [2.75, 3.05) is 49.5 Å². The van der Waals surface area contributed by atoms with Gasteiger partial charge in [0.05, 0.1) is 11.9 Å². The third-order valence-electron chi connectivity index (χ3n) is 4.78. The van der Waals surface area contributed by atoms with Crippen LogP contribution in [-0.2, 0) is 7.05 Å². The zero-order valence-corrected chi connectivity index (χ0v) is 17.0. The van der Waals surface area contributed by atoms with Crippen LogP contribution in [0, 0.1) is 6.92 Å². The fourth-order valence-electron chi connectivity index (χ4n) is 3.21. The first-order chi connectivity index (χ1) is 12.5. The van der Waals surface area contributed by atoms with E-state index in [9.17, 15) is 4.79 Å². The van der Waals surface area contributed by atoms with Crippen LogP contribution in [0.15, 0.2) is 39.7 Å². The average molecular weight is 420 g/mol. The summed E-state index contributed by atoms with van der Waals surface area (Å²) >= 11 is 3.34. The Labute approximate surface area is 162 Å². The highest BCUT2D eigenvalue weighted by atomic mass is 79.9. The number of anilines is 2. The molecule has 1 fully saturated rings. The quantitative estimate of drug-likeness (QED) is 0.728. The van der Waals surface area contributed by atoms with Gasteiger partial charge in [-0.1, -0.05) is 12.1 Å². The average Bonchev–Trinajstić information content (AvgIpc) is 2.65. The molecule has 140 valence electrons. The molecule has 0 radical (unpaired) electrons. The van der Waals surface area contributed by atoms with Gasteiger partial charge in [0.2, 0.25) is 0 Å². The molecule has 1 saturated heterocycles. The number of piperazine rings is 1. The highest BCUT2D eigenvalue weighted by molar-refractivity contribution is 9.10. The Kier molecular flexibility index (Phi) is 6.32. The molecule has 1 aliphatic heterocycles. The molecule has 0 atom stereocenters. The predicted octanol–water partition coefficient (Wildman–Crippen LogP) is 2.48. The zero-order valence-electron chi connectivity index (χ0n) is 15.4. The first kappa shape index (κ1) is 18.9. The van der Waals surface area contributed by atoms with Gasteiger partial charge in [-0.3, -0.25) is 9.69 Å². The molecular formula is C19H26BrN5O. The number of aryl methyl sites for hydroxylation is 2. The number of rotatable bonds is 6. The molecule has 0 saturated carbocycles. The summed E-state index contributed by atoms with van der Waals surface area (Å²) in [6.45, 7) is 8.34. The Morgan fingerprint density at radius 2 is 2.00 bits per heavy atom. The van der Waals surface area contributed by atoms with Crippen LogP contribution in [0.4, 0.5) is 11.4 Å². The van der Waals surface area contributed by atoms with Gasteiger partial charge in [0, 0.05) is 45.5 Å². The Morgan fingerprint density at radius 3 is 2.73 bits per heavy atom. The zero-order chi connectivity index (χ0) is 18.5. The summed E-state index contributed by atoms with van der Waals surface area (Å²) in [6, 6.07) is 8.73. The molecule has 26 heavy (non-hydrogen) atoms. The predicted molar refractivity (Wildman–Crippen MR) is 110 cm³/mol. The van der Waals surface area contributed by atoms with Crippen molar-refractivity contribution in [3.8, 4) is 0 Å². The lowest BCUT2D eigenvalue weighted by Gasteiger charge is -2.36. The van der Waals surface area contributed by atoms with Crippen molar-refractivity contribution in [3.63, 3.8) is 0 Å². The van der Waals surface area contributed by atoms with E-state index in [1.54, 1.807) is 13.2 Å². The number of benzene rings is 1. The normalized spacial score (nSPS) is 15.3. The van der Waals surface area contributed by atoms with E-state index in [0.717, 1.165) is 51.4 Å². The highest BCUT2D eigenvalue weighted by Gasteiger charge is 2.16. The van der Waals surface area contributed by atoms with Gasteiger partial charge in [-0.05, 0) is 53.5 Å². The maximum atomic E-state index is 11.8. The Balaban J connectivity index is 1.41. The molecule has 3 rings (SSSR count). The molecule has 1 aliphatic rings. The lowest BCUT2D eigenvalue weighted by molar-refractivity contribution is 0.257. The van der Waals surface area contributed by atoms with Crippen molar-refractivity contribution in [1.82, 2.24) is 14.7 Å². The smallest absolute Gasteiger partial charge is 0.282 e. The van der Waals surface area contributed by atoms with E-state index in [2.05, 4.69) is 67.3 Å². The van der Waals surface area contributed by atoms with Crippen LogP contribution in [0.5, 0.6) is 0 Å². The van der Waals surface area contributed by atoms with Gasteiger partial charge in [-0.15, -0.1) is 0 Å². The number of hydrogen-bond acceptors (Lipinski definition) is 5. The summed E-state index contributed by atoms with van der Waals surface area (Å²) in [6.07, 6.45) is 2.72. The second kappa shape index (κ2) is 8.68. The minimum atomic E-state index is -0.123. The Morgan fingerprint density at radius 1 is 1.23 bits per heavy atom. The number of halogens is 1. The first-order valence-corrected chi connectivity index (χ1v) is 9.83. The maximum Gasteiger partial charge on any atom is 0.282 e. The summed E-state index contributed by atoms with van der Waals surface area (Å²) in [4.78, 5) is 16.8. The van der Waals surface area contributed by atoms with E-state index in [4.69, 9.17) is 0 Å². The van der Waals surface area contributed by atoms with Gasteiger partial charge in [0.15, 0.2) is 0 Å². The molecule has 0 unspecified atom stereocenters. The number of nitrogens with one attached hydrogen (secondary N) is 1. The van der Waals surface area contributed by atoms with E-state index in [1.165, 1.54) is 15.9 Å². The molecule has 0 bridgehead atoms. The largest absolute Gasteiger partial charge is 0.383 e. The van der Waals surface area contributed by atoms with Gasteiger partial charge in [-0.2, -0.15) is 5.10 Å². The SMILES string of the molecule is Cc1cccc(N2CCN(CCCNc3cnn(C)c(=O)c3Br)CC2)c1. The summed E-state index contributed by atoms with van der Waals surface area (Å²) in [5.41, 5.74) is 3.28. The molecule has 7 heteroatoms. The van der Waals surface area contributed by atoms with Gasteiger partial charge >= 0.3 is 0 Å². The lowest BCUT2D eigenvalue weighted by atomic mass is 10.2. The first-order valence-electron chi connectivity index (χ1n) is 9.04. The van der Waals surface area contributed by atoms with E-state index < -0.39 is 0 Å². The maximum absolute atomic E-state index is 11.8. The number of aromatic nitrogens is 2. The molecule has 2 aromatic rings. The molecule has 6 nitrogen and oxygen atoms in total. The van der Waals surface area contributed by atoms with Crippen molar-refractivity contribution in [2.45, 2.75) is 13.3 Å². The standard InChI is InChI=1S/C19H26BrN5O/c1-15-5-3-6-16(13-15)25-11-9-24(10-12-25)8-4-7-21-17-14-22-23(2)19(26)18(17)20/h3,5-6,13-14,21H,4,7-12H2,1-2H3. The van der Waals surface area contributed by atoms with Crippen molar-refractivity contribution < 1.29 is 0 Å². The molecule has 1 aromatic heterocycles. The fraction of sp³-hybridized carbons (Fsp3) is 0.474. The minimum absolute atomic E-state index is 0.123. The highest BCUT2D eigenvalue weighted by Crippen LogP contribution is 2.18. The summed E-state index contributed by atoms with van der Waals surface area (Å²) in [7, 11) is 1.65. The topological polar surface area (TPSA) is 53.4 Å². The minimum Gasteiger partial charge on any atom is -0.383 e. The van der Waals surface area contributed by atoms with E-state index >= 15 is 0 Å². The molecular weight excluding hydrogens is 394 g/mol. The van der Waals surface area contributed by atoms with Crippen molar-refractivity contribution >= 4 is 27.3 Å². The Bertz CT molecular complexity index is 799. The van der Waals surface area contributed by atoms with Gasteiger partial charge in [0.1, 0.15) is 4.47 Å². The van der Waals surface area contributed by atoms with E-state index in [1.807, 2.05) is 0 Å². The van der Waals surface area contributed by atoms with Gasteiger partial charge in [0.25, 0.3) is 5.56 Å². The molecule has 1 aromatic carbocycles. The number of hydrogen-bond donors (Lipinski definition) is 1. The molecule has 0 amide bonds. The molecule has 1 N–H and O–H groups in total.